The van der Waals surface area contributed by atoms with Gasteiger partial charge in [-0.25, -0.2) is 0 Å². The maximum Gasteiger partial charge on any atom is 0.221 e. The fourth-order valence-corrected chi connectivity index (χ4v) is 2.03. The first-order valence-electron chi connectivity index (χ1n) is 7.21. The van der Waals surface area contributed by atoms with E-state index in [0.717, 1.165) is 25.2 Å². The third-order valence-corrected chi connectivity index (χ3v) is 3.15. The van der Waals surface area contributed by atoms with Crippen molar-refractivity contribution in [3.63, 3.8) is 0 Å². The summed E-state index contributed by atoms with van der Waals surface area (Å²) in [5.74, 6) is 0.112. The Morgan fingerprint density at radius 2 is 1.95 bits per heavy atom. The molecule has 0 saturated heterocycles. The van der Waals surface area contributed by atoms with Gasteiger partial charge in [0.15, 0.2) is 0 Å². The summed E-state index contributed by atoms with van der Waals surface area (Å²) in [6.07, 6.45) is 1.50. The first kappa shape index (κ1) is 16.5. The molecular formula is C16H27N3O. The van der Waals surface area contributed by atoms with Gasteiger partial charge in [-0.1, -0.05) is 17.7 Å². The second-order valence-electron chi connectivity index (χ2n) is 5.50. The molecule has 0 spiro atoms. The Labute approximate surface area is 122 Å². The molecule has 4 heteroatoms. The molecule has 1 aromatic rings. The zero-order chi connectivity index (χ0) is 15.0. The van der Waals surface area contributed by atoms with Crippen LogP contribution >= 0.6 is 0 Å². The molecule has 1 rings (SSSR count). The predicted molar refractivity (Wildman–Crippen MR) is 85.2 cm³/mol. The van der Waals surface area contributed by atoms with Crippen LogP contribution in [0.4, 0.5) is 5.69 Å². The van der Waals surface area contributed by atoms with Gasteiger partial charge in [0.2, 0.25) is 5.91 Å². The highest BCUT2D eigenvalue weighted by Crippen LogP contribution is 2.15. The Balaban J connectivity index is 2.18. The third-order valence-electron chi connectivity index (χ3n) is 3.15. The predicted octanol–water partition coefficient (Wildman–Crippen LogP) is 2.17. The molecule has 0 radical (unpaired) electrons. The maximum absolute atomic E-state index is 11.7. The highest BCUT2D eigenvalue weighted by atomic mass is 16.1. The zero-order valence-electron chi connectivity index (χ0n) is 13.1. The van der Waals surface area contributed by atoms with Gasteiger partial charge in [-0.05, 0) is 52.5 Å². The van der Waals surface area contributed by atoms with Gasteiger partial charge in [0.05, 0.1) is 0 Å². The summed E-state index contributed by atoms with van der Waals surface area (Å²) in [5.41, 5.74) is 3.58. The highest BCUT2D eigenvalue weighted by molar-refractivity contribution is 5.76. The van der Waals surface area contributed by atoms with Crippen LogP contribution in [0.3, 0.4) is 0 Å². The molecule has 0 aliphatic rings. The summed E-state index contributed by atoms with van der Waals surface area (Å²) in [5, 5.41) is 6.25. The van der Waals surface area contributed by atoms with Crippen LogP contribution in [0.1, 0.15) is 24.0 Å². The topological polar surface area (TPSA) is 44.4 Å². The molecule has 4 nitrogen and oxygen atoms in total. The fraction of sp³-hybridized carbons (Fsp3) is 0.562. The van der Waals surface area contributed by atoms with Gasteiger partial charge in [-0.3, -0.25) is 4.79 Å². The van der Waals surface area contributed by atoms with E-state index < -0.39 is 0 Å². The van der Waals surface area contributed by atoms with Crippen LogP contribution in [0.5, 0.6) is 0 Å². The standard InChI is InChI=1S/C16H27N3O/c1-13-6-7-15(14(2)12-13)17-10-8-16(20)18-9-5-11-19(3)4/h6-7,12,17H,5,8-11H2,1-4H3,(H,18,20). The largest absolute Gasteiger partial charge is 0.384 e. The van der Waals surface area contributed by atoms with E-state index in [9.17, 15) is 4.79 Å². The maximum atomic E-state index is 11.7. The fourth-order valence-electron chi connectivity index (χ4n) is 2.03. The summed E-state index contributed by atoms with van der Waals surface area (Å²) >= 11 is 0. The molecule has 0 saturated carbocycles. The van der Waals surface area contributed by atoms with Crippen LogP contribution in [0.2, 0.25) is 0 Å². The number of amides is 1. The summed E-state index contributed by atoms with van der Waals surface area (Å²) < 4.78 is 0. The molecule has 0 unspecified atom stereocenters. The van der Waals surface area contributed by atoms with Crippen LogP contribution in [0, 0.1) is 13.8 Å². The van der Waals surface area contributed by atoms with Crippen molar-refractivity contribution in [2.24, 2.45) is 0 Å². The summed E-state index contributed by atoms with van der Waals surface area (Å²) in [7, 11) is 4.07. The van der Waals surface area contributed by atoms with Crippen molar-refractivity contribution in [3.05, 3.63) is 29.3 Å². The molecule has 20 heavy (non-hydrogen) atoms. The number of benzene rings is 1. The van der Waals surface area contributed by atoms with Crippen molar-refractivity contribution in [1.82, 2.24) is 10.2 Å². The normalized spacial score (nSPS) is 10.7. The van der Waals surface area contributed by atoms with Crippen molar-refractivity contribution < 1.29 is 4.79 Å². The SMILES string of the molecule is Cc1ccc(NCCC(=O)NCCCN(C)C)c(C)c1. The second kappa shape index (κ2) is 8.59. The Kier molecular flexibility index (Phi) is 7.09. The van der Waals surface area contributed by atoms with Gasteiger partial charge in [0.25, 0.3) is 0 Å². The van der Waals surface area contributed by atoms with Crippen molar-refractivity contribution in [2.75, 3.05) is 39.0 Å². The first-order chi connectivity index (χ1) is 9.49. The van der Waals surface area contributed by atoms with Crippen LogP contribution < -0.4 is 10.6 Å². The minimum Gasteiger partial charge on any atom is -0.384 e. The Hall–Kier alpha value is -1.55. The van der Waals surface area contributed by atoms with Crippen LogP contribution in [-0.4, -0.2) is 44.5 Å². The van der Waals surface area contributed by atoms with Gasteiger partial charge in [0.1, 0.15) is 0 Å². The van der Waals surface area contributed by atoms with E-state index in [4.69, 9.17) is 0 Å². The van der Waals surface area contributed by atoms with Crippen LogP contribution in [0.15, 0.2) is 18.2 Å². The lowest BCUT2D eigenvalue weighted by Crippen LogP contribution is -2.28. The molecule has 1 aromatic carbocycles. The quantitative estimate of drug-likeness (QED) is 0.716. The number of nitrogens with zero attached hydrogens (tertiary/aromatic N) is 1. The van der Waals surface area contributed by atoms with Crippen LogP contribution in [0.25, 0.3) is 0 Å². The van der Waals surface area contributed by atoms with E-state index in [2.05, 4.69) is 47.6 Å². The summed E-state index contributed by atoms with van der Waals surface area (Å²) in [6.45, 7) is 6.58. The molecule has 0 aromatic heterocycles. The first-order valence-corrected chi connectivity index (χ1v) is 7.21. The molecule has 2 N–H and O–H groups in total. The molecular weight excluding hydrogens is 250 g/mol. The van der Waals surface area contributed by atoms with Crippen molar-refractivity contribution in [2.45, 2.75) is 26.7 Å². The lowest BCUT2D eigenvalue weighted by atomic mass is 10.1. The minimum absolute atomic E-state index is 0.112. The average Bonchev–Trinajstić information content (AvgIpc) is 2.37. The van der Waals surface area contributed by atoms with Crippen molar-refractivity contribution in [3.8, 4) is 0 Å². The van der Waals surface area contributed by atoms with Gasteiger partial charge in [-0.2, -0.15) is 0 Å². The molecule has 1 amide bonds. The zero-order valence-corrected chi connectivity index (χ0v) is 13.1. The number of hydrogen-bond acceptors (Lipinski definition) is 3. The molecule has 112 valence electrons. The van der Waals surface area contributed by atoms with E-state index in [1.54, 1.807) is 0 Å². The molecule has 0 aliphatic carbocycles. The smallest absolute Gasteiger partial charge is 0.221 e. The van der Waals surface area contributed by atoms with E-state index in [1.165, 1.54) is 11.1 Å². The number of carbonyl (C=O) groups is 1. The van der Waals surface area contributed by atoms with Crippen molar-refractivity contribution in [1.29, 1.82) is 0 Å². The number of aryl methyl sites for hydroxylation is 2. The Morgan fingerprint density at radius 3 is 2.60 bits per heavy atom. The van der Waals surface area contributed by atoms with E-state index >= 15 is 0 Å². The summed E-state index contributed by atoms with van der Waals surface area (Å²) in [6, 6.07) is 6.29. The van der Waals surface area contributed by atoms with E-state index in [0.29, 0.717) is 13.0 Å². The molecule has 0 atom stereocenters. The number of nitrogens with one attached hydrogen (secondary N) is 2. The lowest BCUT2D eigenvalue weighted by molar-refractivity contribution is -0.120. The monoisotopic (exact) mass is 277 g/mol. The number of hydrogen-bond donors (Lipinski definition) is 2. The number of carbonyl (C=O) groups excluding carboxylic acids is 1. The van der Waals surface area contributed by atoms with Gasteiger partial charge in [-0.15, -0.1) is 0 Å². The van der Waals surface area contributed by atoms with Gasteiger partial charge in [0, 0.05) is 25.2 Å². The van der Waals surface area contributed by atoms with Gasteiger partial charge >= 0.3 is 0 Å². The lowest BCUT2D eigenvalue weighted by Gasteiger charge is -2.11. The third kappa shape index (κ3) is 6.57. The average molecular weight is 277 g/mol. The van der Waals surface area contributed by atoms with Gasteiger partial charge < -0.3 is 15.5 Å². The number of rotatable bonds is 8. The Morgan fingerprint density at radius 1 is 1.20 bits per heavy atom. The minimum atomic E-state index is 0.112. The van der Waals surface area contributed by atoms with E-state index in [1.807, 2.05) is 14.1 Å². The second-order valence-corrected chi connectivity index (χ2v) is 5.50. The summed E-state index contributed by atoms with van der Waals surface area (Å²) in [4.78, 5) is 13.8. The van der Waals surface area contributed by atoms with Crippen LogP contribution in [-0.2, 0) is 4.79 Å². The molecule has 0 fully saturated rings. The van der Waals surface area contributed by atoms with Crippen molar-refractivity contribution >= 4 is 11.6 Å². The Bertz CT molecular complexity index is 430. The molecule has 0 heterocycles. The molecule has 0 aliphatic heterocycles. The van der Waals surface area contributed by atoms with E-state index in [-0.39, 0.29) is 5.91 Å². The number of anilines is 1. The highest BCUT2D eigenvalue weighted by Gasteiger charge is 2.02. The molecule has 0 bridgehead atoms.